The van der Waals surface area contributed by atoms with Crippen molar-refractivity contribution in [3.63, 3.8) is 0 Å². The van der Waals surface area contributed by atoms with E-state index in [9.17, 15) is 4.79 Å². The van der Waals surface area contributed by atoms with E-state index in [-0.39, 0.29) is 0 Å². The molecule has 0 radical (unpaired) electrons. The zero-order chi connectivity index (χ0) is 24.6. The van der Waals surface area contributed by atoms with E-state index in [4.69, 9.17) is 15.8 Å². The molecular weight excluding hydrogens is 450 g/mol. The molecule has 6 rings (SSSR count). The number of anilines is 1. The largest absolute Gasteiger partial charge is 0.366 e. The second-order valence-electron chi connectivity index (χ2n) is 9.42. The first kappa shape index (κ1) is 22.3. The summed E-state index contributed by atoms with van der Waals surface area (Å²) < 4.78 is 4.04. The first-order valence-corrected chi connectivity index (χ1v) is 12.4. The van der Waals surface area contributed by atoms with Crippen molar-refractivity contribution in [2.24, 2.45) is 5.73 Å². The number of nitrogens with zero attached hydrogens (tertiary/aromatic N) is 4. The van der Waals surface area contributed by atoms with Crippen LogP contribution in [-0.2, 0) is 6.54 Å². The molecule has 0 spiro atoms. The maximum absolute atomic E-state index is 12.1. The van der Waals surface area contributed by atoms with Crippen molar-refractivity contribution in [1.29, 1.82) is 0 Å². The topological polar surface area (TPSA) is 102 Å². The molecule has 4 N–H and O–H groups in total. The minimum Gasteiger partial charge on any atom is -0.366 e. The van der Waals surface area contributed by atoms with E-state index in [0.29, 0.717) is 24.0 Å². The number of carbonyl (C=O) groups excluding carboxylic acids is 1. The van der Waals surface area contributed by atoms with Gasteiger partial charge in [-0.05, 0) is 62.2 Å². The van der Waals surface area contributed by atoms with Gasteiger partial charge < -0.3 is 16.4 Å². The fourth-order valence-corrected chi connectivity index (χ4v) is 5.27. The standard InChI is InChI=1S/C28H29N7O/c1-18-15-22-21(26(29)36)10-5-11-24(22)34(18)28-32-27(31-16-19-7-3-2-4-8-19)25-13-12-23(35(25)33-28)20-9-6-14-30-17-20/h2-5,7-8,10-13,15,20,30H,6,9,14,16-17H2,1H3,(H2,29,36)(H,31,32,33). The lowest BCUT2D eigenvalue weighted by Gasteiger charge is -2.23. The number of rotatable bonds is 6. The molecule has 3 aromatic heterocycles. The Balaban J connectivity index is 1.52. The van der Waals surface area contributed by atoms with Crippen LogP contribution in [0.25, 0.3) is 22.4 Å². The van der Waals surface area contributed by atoms with Crippen LogP contribution in [0.4, 0.5) is 5.82 Å². The summed E-state index contributed by atoms with van der Waals surface area (Å²) in [6.45, 7) is 4.64. The van der Waals surface area contributed by atoms with Gasteiger partial charge in [0.2, 0.25) is 5.91 Å². The van der Waals surface area contributed by atoms with E-state index < -0.39 is 5.91 Å². The van der Waals surface area contributed by atoms with Gasteiger partial charge in [-0.1, -0.05) is 36.4 Å². The highest BCUT2D eigenvalue weighted by Gasteiger charge is 2.22. The lowest BCUT2D eigenvalue weighted by Crippen LogP contribution is -2.29. The number of nitrogens with two attached hydrogens (primary N) is 1. The quantitative estimate of drug-likeness (QED) is 0.339. The van der Waals surface area contributed by atoms with Gasteiger partial charge in [-0.2, -0.15) is 4.98 Å². The van der Waals surface area contributed by atoms with E-state index in [1.54, 1.807) is 6.07 Å². The molecule has 0 saturated carbocycles. The van der Waals surface area contributed by atoms with Crippen molar-refractivity contribution in [3.05, 3.63) is 89.2 Å². The molecule has 0 aliphatic carbocycles. The molecule has 0 bridgehead atoms. The molecule has 1 fully saturated rings. The maximum atomic E-state index is 12.1. The SMILES string of the molecule is Cc1cc2c(C(N)=O)cccc2n1-c1nc(NCc2ccccc2)c2ccc(C3CCCNC3)n2n1. The second kappa shape index (κ2) is 9.13. The van der Waals surface area contributed by atoms with Crippen LogP contribution in [0.5, 0.6) is 0 Å². The molecule has 8 nitrogen and oxygen atoms in total. The molecule has 1 unspecified atom stereocenters. The van der Waals surface area contributed by atoms with Crippen LogP contribution in [0.1, 0.15) is 46.1 Å². The van der Waals surface area contributed by atoms with Gasteiger partial charge in [0.15, 0.2) is 5.82 Å². The van der Waals surface area contributed by atoms with Crippen molar-refractivity contribution < 1.29 is 4.79 Å². The number of amides is 1. The van der Waals surface area contributed by atoms with E-state index >= 15 is 0 Å². The number of nitrogens with one attached hydrogen (secondary N) is 2. The van der Waals surface area contributed by atoms with Gasteiger partial charge >= 0.3 is 0 Å². The van der Waals surface area contributed by atoms with E-state index in [1.807, 2.05) is 52.4 Å². The Morgan fingerprint density at radius 2 is 1.97 bits per heavy atom. The molecule has 2 aromatic carbocycles. The molecule has 1 atom stereocenters. The van der Waals surface area contributed by atoms with Crippen LogP contribution in [-0.4, -0.2) is 38.2 Å². The number of primary amides is 1. The Morgan fingerprint density at radius 3 is 2.75 bits per heavy atom. The van der Waals surface area contributed by atoms with Crippen LogP contribution in [0.3, 0.4) is 0 Å². The highest BCUT2D eigenvalue weighted by molar-refractivity contribution is 6.06. The number of fused-ring (bicyclic) bond motifs is 2. The van der Waals surface area contributed by atoms with Crippen molar-refractivity contribution in [3.8, 4) is 5.95 Å². The highest BCUT2D eigenvalue weighted by atomic mass is 16.1. The Bertz CT molecular complexity index is 1560. The summed E-state index contributed by atoms with van der Waals surface area (Å²) in [6, 6.07) is 22.1. The lowest BCUT2D eigenvalue weighted by molar-refractivity contribution is 0.100. The van der Waals surface area contributed by atoms with Gasteiger partial charge in [-0.25, -0.2) is 4.52 Å². The third-order valence-electron chi connectivity index (χ3n) is 7.04. The summed E-state index contributed by atoms with van der Waals surface area (Å²) >= 11 is 0. The van der Waals surface area contributed by atoms with E-state index in [2.05, 4.69) is 34.9 Å². The van der Waals surface area contributed by atoms with Gasteiger partial charge in [0, 0.05) is 41.3 Å². The number of aromatic nitrogens is 4. The normalized spacial score (nSPS) is 16.0. The Labute approximate surface area is 209 Å². The highest BCUT2D eigenvalue weighted by Crippen LogP contribution is 2.30. The molecule has 1 saturated heterocycles. The molecule has 8 heteroatoms. The lowest BCUT2D eigenvalue weighted by atomic mass is 9.96. The fraction of sp³-hybridized carbons (Fsp3) is 0.250. The van der Waals surface area contributed by atoms with Crippen LogP contribution < -0.4 is 16.4 Å². The third kappa shape index (κ3) is 3.89. The fourth-order valence-electron chi connectivity index (χ4n) is 5.27. The molecule has 36 heavy (non-hydrogen) atoms. The smallest absolute Gasteiger partial charge is 0.254 e. The van der Waals surface area contributed by atoms with Crippen LogP contribution in [0.2, 0.25) is 0 Å². The van der Waals surface area contributed by atoms with Crippen LogP contribution in [0.15, 0.2) is 66.7 Å². The van der Waals surface area contributed by atoms with Gasteiger partial charge in [-0.3, -0.25) is 9.36 Å². The first-order valence-electron chi connectivity index (χ1n) is 12.4. The molecule has 5 aromatic rings. The van der Waals surface area contributed by atoms with Crippen molar-refractivity contribution >= 4 is 28.1 Å². The van der Waals surface area contributed by atoms with Crippen molar-refractivity contribution in [1.82, 2.24) is 24.5 Å². The number of aryl methyl sites for hydroxylation is 1. The minimum atomic E-state index is -0.447. The average Bonchev–Trinajstić information content (AvgIpc) is 3.48. The molecule has 182 valence electrons. The Hall–Kier alpha value is -4.17. The number of piperidine rings is 1. The predicted octanol–water partition coefficient (Wildman–Crippen LogP) is 4.16. The average molecular weight is 480 g/mol. The van der Waals surface area contributed by atoms with E-state index in [0.717, 1.165) is 53.9 Å². The zero-order valence-corrected chi connectivity index (χ0v) is 20.2. The summed E-state index contributed by atoms with van der Waals surface area (Å²) in [5.74, 6) is 1.26. The molecule has 1 aliphatic rings. The minimum absolute atomic E-state index is 0.384. The molecular formula is C28H29N7O. The Morgan fingerprint density at radius 1 is 1.11 bits per heavy atom. The summed E-state index contributed by atoms with van der Waals surface area (Å²) in [5.41, 5.74) is 11.2. The predicted molar refractivity (Wildman–Crippen MR) is 142 cm³/mol. The molecule has 1 amide bonds. The first-order chi connectivity index (χ1) is 17.6. The third-order valence-corrected chi connectivity index (χ3v) is 7.04. The number of hydrogen-bond donors (Lipinski definition) is 3. The van der Waals surface area contributed by atoms with Crippen LogP contribution in [0, 0.1) is 6.92 Å². The van der Waals surface area contributed by atoms with Crippen molar-refractivity contribution in [2.75, 3.05) is 18.4 Å². The van der Waals surface area contributed by atoms with Gasteiger partial charge in [-0.15, -0.1) is 5.10 Å². The summed E-state index contributed by atoms with van der Waals surface area (Å²) in [5, 5.41) is 12.9. The van der Waals surface area contributed by atoms with E-state index in [1.165, 1.54) is 11.3 Å². The molecule has 1 aliphatic heterocycles. The monoisotopic (exact) mass is 479 g/mol. The number of benzene rings is 2. The summed E-state index contributed by atoms with van der Waals surface area (Å²) in [6.07, 6.45) is 2.27. The number of hydrogen-bond acceptors (Lipinski definition) is 5. The number of carbonyl (C=O) groups is 1. The second-order valence-corrected chi connectivity index (χ2v) is 9.42. The molecule has 4 heterocycles. The van der Waals surface area contributed by atoms with Crippen molar-refractivity contribution in [2.45, 2.75) is 32.2 Å². The van der Waals surface area contributed by atoms with Crippen LogP contribution >= 0.6 is 0 Å². The summed E-state index contributed by atoms with van der Waals surface area (Å²) in [7, 11) is 0. The zero-order valence-electron chi connectivity index (χ0n) is 20.2. The van der Waals surface area contributed by atoms with Gasteiger partial charge in [0.25, 0.3) is 5.95 Å². The van der Waals surface area contributed by atoms with Gasteiger partial charge in [0.1, 0.15) is 5.52 Å². The maximum Gasteiger partial charge on any atom is 0.254 e. The Kier molecular flexibility index (Phi) is 5.65. The summed E-state index contributed by atoms with van der Waals surface area (Å²) in [4.78, 5) is 17.1. The van der Waals surface area contributed by atoms with Gasteiger partial charge in [0.05, 0.1) is 5.52 Å².